The van der Waals surface area contributed by atoms with Crippen molar-refractivity contribution in [2.45, 2.75) is 13.1 Å². The van der Waals surface area contributed by atoms with Crippen molar-refractivity contribution < 1.29 is 18.0 Å². The maximum atomic E-state index is 12.0. The monoisotopic (exact) mass is 210 g/mol. The molecule has 0 aliphatic carbocycles. The molecule has 1 heterocycles. The van der Waals surface area contributed by atoms with Gasteiger partial charge in [0.2, 0.25) is 5.91 Å². The first-order valence-electron chi connectivity index (χ1n) is 4.49. The van der Waals surface area contributed by atoms with E-state index in [2.05, 4.69) is 0 Å². The fourth-order valence-electron chi connectivity index (χ4n) is 1.41. The number of carbonyl (C=O) groups excluding carboxylic acids is 1. The standard InChI is InChI=1S/C8H13F3N2O/c1-2-12-3-4-13(7(14)5-12)6-8(9,10)11/h2-6H2,1H3. The molecule has 0 aromatic rings. The summed E-state index contributed by atoms with van der Waals surface area (Å²) in [4.78, 5) is 13.9. The van der Waals surface area contributed by atoms with Gasteiger partial charge in [-0.3, -0.25) is 9.69 Å². The maximum absolute atomic E-state index is 12.0. The molecule has 0 N–H and O–H groups in total. The van der Waals surface area contributed by atoms with Gasteiger partial charge in [-0.25, -0.2) is 0 Å². The average Bonchev–Trinajstić information content (AvgIpc) is 2.06. The highest BCUT2D eigenvalue weighted by molar-refractivity contribution is 5.79. The molecule has 6 heteroatoms. The lowest BCUT2D eigenvalue weighted by Gasteiger charge is -2.33. The third-order valence-corrected chi connectivity index (χ3v) is 2.22. The van der Waals surface area contributed by atoms with Gasteiger partial charge in [-0.05, 0) is 6.54 Å². The second kappa shape index (κ2) is 4.16. The minimum absolute atomic E-state index is 0.104. The summed E-state index contributed by atoms with van der Waals surface area (Å²) in [5, 5.41) is 0. The molecule has 1 amide bonds. The molecule has 1 aliphatic heterocycles. The number of nitrogens with zero attached hydrogens (tertiary/aromatic N) is 2. The van der Waals surface area contributed by atoms with Crippen LogP contribution in [0, 0.1) is 0 Å². The maximum Gasteiger partial charge on any atom is 0.406 e. The first-order valence-corrected chi connectivity index (χ1v) is 4.49. The quantitative estimate of drug-likeness (QED) is 0.670. The van der Waals surface area contributed by atoms with Crippen LogP contribution in [0.2, 0.25) is 0 Å². The van der Waals surface area contributed by atoms with Crippen molar-refractivity contribution >= 4 is 5.91 Å². The van der Waals surface area contributed by atoms with E-state index in [9.17, 15) is 18.0 Å². The minimum Gasteiger partial charge on any atom is -0.331 e. The van der Waals surface area contributed by atoms with Crippen LogP contribution in [-0.2, 0) is 4.79 Å². The van der Waals surface area contributed by atoms with Crippen LogP contribution in [0.25, 0.3) is 0 Å². The van der Waals surface area contributed by atoms with E-state index < -0.39 is 18.6 Å². The van der Waals surface area contributed by atoms with E-state index in [0.29, 0.717) is 13.1 Å². The number of carbonyl (C=O) groups is 1. The summed E-state index contributed by atoms with van der Waals surface area (Å²) in [7, 11) is 0. The zero-order valence-corrected chi connectivity index (χ0v) is 7.97. The molecule has 0 atom stereocenters. The fraction of sp³-hybridized carbons (Fsp3) is 0.875. The third-order valence-electron chi connectivity index (χ3n) is 2.22. The molecular weight excluding hydrogens is 197 g/mol. The molecule has 3 nitrogen and oxygen atoms in total. The largest absolute Gasteiger partial charge is 0.406 e. The summed E-state index contributed by atoms with van der Waals surface area (Å²) in [6.45, 7) is 2.26. The Labute approximate surface area is 80.5 Å². The lowest BCUT2D eigenvalue weighted by molar-refractivity contribution is -0.165. The lowest BCUT2D eigenvalue weighted by Crippen LogP contribution is -2.52. The molecule has 1 aliphatic rings. The van der Waals surface area contributed by atoms with Crippen molar-refractivity contribution in [2.24, 2.45) is 0 Å². The highest BCUT2D eigenvalue weighted by atomic mass is 19.4. The predicted octanol–water partition coefficient (Wildman–Crippen LogP) is 0.713. The molecule has 0 bridgehead atoms. The van der Waals surface area contributed by atoms with Gasteiger partial charge < -0.3 is 4.90 Å². The Bertz CT molecular complexity index is 217. The van der Waals surface area contributed by atoms with Gasteiger partial charge in [-0.2, -0.15) is 13.2 Å². The second-order valence-corrected chi connectivity index (χ2v) is 3.30. The van der Waals surface area contributed by atoms with Crippen LogP contribution in [0.15, 0.2) is 0 Å². The number of hydrogen-bond donors (Lipinski definition) is 0. The van der Waals surface area contributed by atoms with Crippen LogP contribution in [0.5, 0.6) is 0 Å². The van der Waals surface area contributed by atoms with E-state index in [1.165, 1.54) is 0 Å². The van der Waals surface area contributed by atoms with E-state index in [1.54, 1.807) is 0 Å². The lowest BCUT2D eigenvalue weighted by atomic mass is 10.3. The molecule has 1 rings (SSSR count). The number of alkyl halides is 3. The van der Waals surface area contributed by atoms with Crippen LogP contribution in [0.4, 0.5) is 13.2 Å². The molecule has 0 radical (unpaired) electrons. The highest BCUT2D eigenvalue weighted by Gasteiger charge is 2.34. The van der Waals surface area contributed by atoms with Gasteiger partial charge in [0.25, 0.3) is 0 Å². The second-order valence-electron chi connectivity index (χ2n) is 3.30. The number of halogens is 3. The Hall–Kier alpha value is -0.780. The van der Waals surface area contributed by atoms with Gasteiger partial charge >= 0.3 is 6.18 Å². The first-order chi connectivity index (χ1) is 6.42. The summed E-state index contributed by atoms with van der Waals surface area (Å²) in [5.41, 5.74) is 0. The molecule has 0 aromatic heterocycles. The number of likely N-dealkylation sites (N-methyl/N-ethyl adjacent to an activating group) is 1. The van der Waals surface area contributed by atoms with Crippen molar-refractivity contribution in [3.8, 4) is 0 Å². The number of piperazine rings is 1. The fourth-order valence-corrected chi connectivity index (χ4v) is 1.41. The molecule has 0 saturated carbocycles. The van der Waals surface area contributed by atoms with E-state index in [1.807, 2.05) is 11.8 Å². The smallest absolute Gasteiger partial charge is 0.331 e. The first kappa shape index (κ1) is 11.3. The highest BCUT2D eigenvalue weighted by Crippen LogP contribution is 2.17. The number of amides is 1. The molecule has 14 heavy (non-hydrogen) atoms. The Morgan fingerprint density at radius 2 is 2.00 bits per heavy atom. The van der Waals surface area contributed by atoms with E-state index in [-0.39, 0.29) is 13.1 Å². The SMILES string of the molecule is CCN1CCN(CC(F)(F)F)C(=O)C1. The molecule has 0 aromatic carbocycles. The van der Waals surface area contributed by atoms with Crippen molar-refractivity contribution in [2.75, 3.05) is 32.7 Å². The normalized spacial score (nSPS) is 20.3. The van der Waals surface area contributed by atoms with Crippen LogP contribution in [0.1, 0.15) is 6.92 Å². The molecule has 0 unspecified atom stereocenters. The van der Waals surface area contributed by atoms with Gasteiger partial charge in [0.05, 0.1) is 6.54 Å². The number of rotatable bonds is 2. The van der Waals surface area contributed by atoms with Crippen LogP contribution >= 0.6 is 0 Å². The van der Waals surface area contributed by atoms with Crippen LogP contribution in [0.3, 0.4) is 0 Å². The summed E-state index contributed by atoms with van der Waals surface area (Å²) >= 11 is 0. The topological polar surface area (TPSA) is 23.6 Å². The molecule has 1 saturated heterocycles. The van der Waals surface area contributed by atoms with Crippen molar-refractivity contribution in [1.29, 1.82) is 0 Å². The summed E-state index contributed by atoms with van der Waals surface area (Å²) in [6.07, 6.45) is -4.29. The van der Waals surface area contributed by atoms with Gasteiger partial charge in [0.15, 0.2) is 0 Å². The zero-order valence-electron chi connectivity index (χ0n) is 7.97. The Kier molecular flexibility index (Phi) is 3.36. The van der Waals surface area contributed by atoms with Gasteiger partial charge in [0, 0.05) is 13.1 Å². The van der Waals surface area contributed by atoms with Crippen molar-refractivity contribution in [3.63, 3.8) is 0 Å². The predicted molar refractivity (Wildman–Crippen MR) is 44.7 cm³/mol. The number of hydrogen-bond acceptors (Lipinski definition) is 2. The minimum atomic E-state index is -4.29. The zero-order chi connectivity index (χ0) is 10.8. The van der Waals surface area contributed by atoms with Gasteiger partial charge in [-0.1, -0.05) is 6.92 Å². The summed E-state index contributed by atoms with van der Waals surface area (Å²) < 4.78 is 36.0. The molecule has 1 fully saturated rings. The van der Waals surface area contributed by atoms with Gasteiger partial charge in [0.1, 0.15) is 6.54 Å². The van der Waals surface area contributed by atoms with Crippen LogP contribution < -0.4 is 0 Å². The average molecular weight is 210 g/mol. The van der Waals surface area contributed by atoms with E-state index in [4.69, 9.17) is 0 Å². The van der Waals surface area contributed by atoms with Crippen molar-refractivity contribution in [1.82, 2.24) is 9.80 Å². The Balaban J connectivity index is 2.46. The van der Waals surface area contributed by atoms with E-state index in [0.717, 1.165) is 4.90 Å². The summed E-state index contributed by atoms with van der Waals surface area (Å²) in [6, 6.07) is 0. The van der Waals surface area contributed by atoms with Gasteiger partial charge in [-0.15, -0.1) is 0 Å². The van der Waals surface area contributed by atoms with Crippen LogP contribution in [-0.4, -0.2) is 54.6 Å². The Morgan fingerprint density at radius 1 is 1.36 bits per heavy atom. The third kappa shape index (κ3) is 3.17. The molecule has 0 spiro atoms. The molecular formula is C8H13F3N2O. The molecule has 82 valence electrons. The van der Waals surface area contributed by atoms with E-state index >= 15 is 0 Å². The summed E-state index contributed by atoms with van der Waals surface area (Å²) in [5.74, 6) is -0.435. The van der Waals surface area contributed by atoms with Crippen molar-refractivity contribution in [3.05, 3.63) is 0 Å². The Morgan fingerprint density at radius 3 is 2.43 bits per heavy atom.